The third kappa shape index (κ3) is 6.62. The number of hydrogen-bond donors (Lipinski definition) is 2. The van der Waals surface area contributed by atoms with Gasteiger partial charge in [0.15, 0.2) is 0 Å². The largest absolute Gasteiger partial charge is 0.480 e. The number of hydrogen-bond acceptors (Lipinski definition) is 6. The molecule has 194 valence electrons. The summed E-state index contributed by atoms with van der Waals surface area (Å²) in [5.74, 6) is -0.832. The summed E-state index contributed by atoms with van der Waals surface area (Å²) in [5.41, 5.74) is 6.96. The molecule has 8 heteroatoms. The van der Waals surface area contributed by atoms with Crippen LogP contribution in [0.1, 0.15) is 65.8 Å². The number of amides is 1. The predicted octanol–water partition coefficient (Wildman–Crippen LogP) is 5.09. The van der Waals surface area contributed by atoms with Crippen LogP contribution in [0.3, 0.4) is 0 Å². The number of benzene rings is 1. The Morgan fingerprint density at radius 1 is 1.16 bits per heavy atom. The highest BCUT2D eigenvalue weighted by Gasteiger charge is 2.30. The van der Waals surface area contributed by atoms with Crippen LogP contribution < -0.4 is 5.32 Å². The molecule has 2 N–H and O–H groups in total. The highest BCUT2D eigenvalue weighted by Crippen LogP contribution is 2.34. The van der Waals surface area contributed by atoms with Crippen LogP contribution in [0.5, 0.6) is 0 Å². The summed E-state index contributed by atoms with van der Waals surface area (Å²) in [4.78, 5) is 34.4. The van der Waals surface area contributed by atoms with Gasteiger partial charge in [0.2, 0.25) is 0 Å². The van der Waals surface area contributed by atoms with Gasteiger partial charge < -0.3 is 15.2 Å². The summed E-state index contributed by atoms with van der Waals surface area (Å²) in [6, 6.07) is 10.6. The lowest BCUT2D eigenvalue weighted by Crippen LogP contribution is -2.42. The molecule has 2 aliphatic rings. The molecule has 1 aromatic carbocycles. The SMILES string of the molecule is O=C(NC(CCOC1CC(CCc2ccc3c(n2)CCCC3)C1)C(=O)O)c1cccc(-c2cncs2)c1. The second-order valence-corrected chi connectivity index (χ2v) is 11.0. The maximum Gasteiger partial charge on any atom is 0.326 e. The number of thiazole rings is 1. The van der Waals surface area contributed by atoms with E-state index in [4.69, 9.17) is 9.72 Å². The van der Waals surface area contributed by atoms with Gasteiger partial charge in [-0.05, 0) is 86.6 Å². The van der Waals surface area contributed by atoms with Crippen LogP contribution in [0, 0.1) is 5.92 Å². The molecule has 1 unspecified atom stereocenters. The fraction of sp³-hybridized carbons (Fsp3) is 0.448. The van der Waals surface area contributed by atoms with E-state index in [9.17, 15) is 14.7 Å². The Kier molecular flexibility index (Phi) is 8.26. The maximum absolute atomic E-state index is 12.7. The Bertz CT molecular complexity index is 1220. The number of carbonyl (C=O) groups excluding carboxylic acids is 1. The first-order valence-electron chi connectivity index (χ1n) is 13.2. The molecule has 1 saturated carbocycles. The van der Waals surface area contributed by atoms with Gasteiger partial charge >= 0.3 is 5.97 Å². The molecule has 0 spiro atoms. The standard InChI is InChI=1S/C29H33N3O4S/c33-28(22-6-3-5-21(16-22)27-17-30-18-37-27)32-26(29(34)35)12-13-36-24-14-19(15-24)8-10-23-11-9-20-4-1-2-7-25(20)31-23/h3,5-6,9,11,16-19,24,26H,1-2,4,7-8,10,12-15H2,(H,32,33)(H,34,35). The van der Waals surface area contributed by atoms with E-state index in [1.807, 2.05) is 6.07 Å². The Balaban J connectivity index is 1.03. The van der Waals surface area contributed by atoms with Crippen molar-refractivity contribution in [1.29, 1.82) is 0 Å². The lowest BCUT2D eigenvalue weighted by Gasteiger charge is -2.35. The molecule has 0 radical (unpaired) electrons. The molecule has 37 heavy (non-hydrogen) atoms. The van der Waals surface area contributed by atoms with Crippen molar-refractivity contribution in [2.45, 2.75) is 69.9 Å². The maximum atomic E-state index is 12.7. The minimum absolute atomic E-state index is 0.169. The van der Waals surface area contributed by atoms with Gasteiger partial charge in [-0.3, -0.25) is 14.8 Å². The predicted molar refractivity (Wildman–Crippen MR) is 143 cm³/mol. The fourth-order valence-electron chi connectivity index (χ4n) is 5.19. The molecule has 2 heterocycles. The van der Waals surface area contributed by atoms with Crippen LogP contribution in [0.4, 0.5) is 0 Å². The zero-order chi connectivity index (χ0) is 25.6. The van der Waals surface area contributed by atoms with Gasteiger partial charge in [0, 0.05) is 36.2 Å². The van der Waals surface area contributed by atoms with Crippen molar-refractivity contribution in [1.82, 2.24) is 15.3 Å². The summed E-state index contributed by atoms with van der Waals surface area (Å²) >= 11 is 1.49. The van der Waals surface area contributed by atoms with E-state index in [1.54, 1.807) is 29.9 Å². The second-order valence-electron chi connectivity index (χ2n) is 10.1. The molecule has 7 nitrogen and oxygen atoms in total. The van der Waals surface area contributed by atoms with Crippen molar-refractivity contribution in [3.8, 4) is 10.4 Å². The Morgan fingerprint density at radius 3 is 2.84 bits per heavy atom. The molecule has 0 aliphatic heterocycles. The Labute approximate surface area is 221 Å². The first kappa shape index (κ1) is 25.5. The Morgan fingerprint density at radius 2 is 2.03 bits per heavy atom. The fourth-order valence-corrected chi connectivity index (χ4v) is 5.81. The lowest BCUT2D eigenvalue weighted by molar-refractivity contribution is -0.140. The molecule has 0 saturated heterocycles. The number of ether oxygens (including phenoxy) is 1. The van der Waals surface area contributed by atoms with E-state index in [1.165, 1.54) is 41.1 Å². The molecule has 1 fully saturated rings. The molecule has 3 aromatic rings. The second kappa shape index (κ2) is 12.0. The number of nitrogens with one attached hydrogen (secondary N) is 1. The first-order chi connectivity index (χ1) is 18.0. The van der Waals surface area contributed by atoms with Crippen molar-refractivity contribution < 1.29 is 19.4 Å². The van der Waals surface area contributed by atoms with Crippen molar-refractivity contribution in [2.24, 2.45) is 5.92 Å². The van der Waals surface area contributed by atoms with Crippen LogP contribution in [0.25, 0.3) is 10.4 Å². The third-order valence-corrected chi connectivity index (χ3v) is 8.26. The first-order valence-corrected chi connectivity index (χ1v) is 14.0. The topological polar surface area (TPSA) is 101 Å². The normalized spacial score (nSPS) is 19.5. The average molecular weight is 520 g/mol. The molecule has 1 amide bonds. The molecule has 2 aliphatic carbocycles. The zero-order valence-corrected chi connectivity index (χ0v) is 21.7. The third-order valence-electron chi connectivity index (χ3n) is 7.44. The van der Waals surface area contributed by atoms with Crippen molar-refractivity contribution in [3.63, 3.8) is 0 Å². The number of fused-ring (bicyclic) bond motifs is 1. The van der Waals surface area contributed by atoms with E-state index >= 15 is 0 Å². The molecular weight excluding hydrogens is 486 g/mol. The number of aromatic nitrogens is 2. The highest BCUT2D eigenvalue weighted by atomic mass is 32.1. The van der Waals surface area contributed by atoms with Crippen LogP contribution in [0.2, 0.25) is 0 Å². The van der Waals surface area contributed by atoms with Crippen LogP contribution >= 0.6 is 11.3 Å². The molecule has 5 rings (SSSR count). The summed E-state index contributed by atoms with van der Waals surface area (Å²) in [6.07, 6.45) is 11.1. The quantitative estimate of drug-likeness (QED) is 0.366. The number of aliphatic carboxylic acids is 1. The van der Waals surface area contributed by atoms with Crippen molar-refractivity contribution in [2.75, 3.05) is 6.61 Å². The van der Waals surface area contributed by atoms with Crippen molar-refractivity contribution >= 4 is 23.2 Å². The van der Waals surface area contributed by atoms with E-state index < -0.39 is 17.9 Å². The van der Waals surface area contributed by atoms with Gasteiger partial charge in [0.05, 0.1) is 16.5 Å². The summed E-state index contributed by atoms with van der Waals surface area (Å²) < 4.78 is 5.93. The number of rotatable bonds is 11. The van der Waals surface area contributed by atoms with Crippen LogP contribution in [0.15, 0.2) is 48.1 Å². The number of carboxylic acids is 1. The number of aryl methyl sites for hydroxylation is 3. The van der Waals surface area contributed by atoms with E-state index in [0.29, 0.717) is 18.1 Å². The van der Waals surface area contributed by atoms with E-state index in [-0.39, 0.29) is 12.5 Å². The number of nitrogens with zero attached hydrogens (tertiary/aromatic N) is 2. The smallest absolute Gasteiger partial charge is 0.326 e. The van der Waals surface area contributed by atoms with E-state index in [0.717, 1.165) is 49.0 Å². The van der Waals surface area contributed by atoms with Crippen LogP contribution in [-0.2, 0) is 28.8 Å². The van der Waals surface area contributed by atoms with E-state index in [2.05, 4.69) is 22.4 Å². The minimum atomic E-state index is -1.06. The molecule has 1 atom stereocenters. The summed E-state index contributed by atoms with van der Waals surface area (Å²) in [7, 11) is 0. The van der Waals surface area contributed by atoms with Gasteiger partial charge in [-0.25, -0.2) is 4.79 Å². The highest BCUT2D eigenvalue weighted by molar-refractivity contribution is 7.13. The Hall–Kier alpha value is -3.10. The molecule has 0 bridgehead atoms. The van der Waals surface area contributed by atoms with Crippen LogP contribution in [-0.4, -0.2) is 45.7 Å². The summed E-state index contributed by atoms with van der Waals surface area (Å²) in [6.45, 7) is 0.307. The number of pyridine rings is 1. The monoisotopic (exact) mass is 519 g/mol. The summed E-state index contributed by atoms with van der Waals surface area (Å²) in [5, 5.41) is 12.3. The van der Waals surface area contributed by atoms with Gasteiger partial charge in [0.25, 0.3) is 5.91 Å². The van der Waals surface area contributed by atoms with Gasteiger partial charge in [-0.1, -0.05) is 18.2 Å². The lowest BCUT2D eigenvalue weighted by atomic mass is 9.79. The number of carboxylic acid groups (broad SMARTS) is 1. The number of carbonyl (C=O) groups is 2. The van der Waals surface area contributed by atoms with Gasteiger partial charge in [-0.2, -0.15) is 0 Å². The molecular formula is C29H33N3O4S. The van der Waals surface area contributed by atoms with Gasteiger partial charge in [0.1, 0.15) is 6.04 Å². The molecule has 2 aromatic heterocycles. The van der Waals surface area contributed by atoms with Gasteiger partial charge in [-0.15, -0.1) is 11.3 Å². The minimum Gasteiger partial charge on any atom is -0.480 e. The zero-order valence-electron chi connectivity index (χ0n) is 20.9. The van der Waals surface area contributed by atoms with Crippen molar-refractivity contribution in [3.05, 3.63) is 70.6 Å². The average Bonchev–Trinajstić information content (AvgIpc) is 3.44.